The number of carbonyl (C=O) groups is 2. The maximum absolute atomic E-state index is 11.8. The van der Waals surface area contributed by atoms with Gasteiger partial charge in [-0.1, -0.05) is 29.3 Å². The van der Waals surface area contributed by atoms with Crippen molar-refractivity contribution in [3.8, 4) is 0 Å². The van der Waals surface area contributed by atoms with E-state index < -0.39 is 0 Å². The highest BCUT2D eigenvalue weighted by molar-refractivity contribution is 8.00. The van der Waals surface area contributed by atoms with Crippen molar-refractivity contribution in [1.82, 2.24) is 10.6 Å². The Labute approximate surface area is 153 Å². The standard InChI is InChI=1S/C17H23N3O2S.ClH/c1-13-2-4-15(5-3-13)20-17(22)12-23-11-16(21)19-10-14-6-8-18-9-7-14;/h2-6,18H,7-12H2,1H3,(H,19,21)(H,20,22);1H. The molecule has 132 valence electrons. The van der Waals surface area contributed by atoms with Crippen molar-refractivity contribution in [2.45, 2.75) is 13.3 Å². The highest BCUT2D eigenvalue weighted by Gasteiger charge is 2.08. The summed E-state index contributed by atoms with van der Waals surface area (Å²) < 4.78 is 0. The molecule has 3 N–H and O–H groups in total. The van der Waals surface area contributed by atoms with Crippen molar-refractivity contribution in [3.63, 3.8) is 0 Å². The molecule has 1 heterocycles. The summed E-state index contributed by atoms with van der Waals surface area (Å²) >= 11 is 1.32. The zero-order chi connectivity index (χ0) is 16.5. The summed E-state index contributed by atoms with van der Waals surface area (Å²) in [5.74, 6) is 0.450. The minimum atomic E-state index is -0.0901. The molecule has 0 saturated heterocycles. The van der Waals surface area contributed by atoms with Crippen LogP contribution >= 0.6 is 24.2 Å². The predicted molar refractivity (Wildman–Crippen MR) is 103 cm³/mol. The largest absolute Gasteiger partial charge is 0.352 e. The molecule has 0 bridgehead atoms. The summed E-state index contributed by atoms with van der Waals surface area (Å²) in [5.41, 5.74) is 3.20. The molecule has 1 aromatic rings. The summed E-state index contributed by atoms with van der Waals surface area (Å²) in [6.07, 6.45) is 3.10. The molecule has 0 fully saturated rings. The number of benzene rings is 1. The van der Waals surface area contributed by atoms with Crippen molar-refractivity contribution in [1.29, 1.82) is 0 Å². The molecular weight excluding hydrogens is 346 g/mol. The van der Waals surface area contributed by atoms with Gasteiger partial charge in [-0.15, -0.1) is 24.2 Å². The zero-order valence-electron chi connectivity index (χ0n) is 13.8. The van der Waals surface area contributed by atoms with Crippen LogP contribution in [0.3, 0.4) is 0 Å². The summed E-state index contributed by atoms with van der Waals surface area (Å²) in [7, 11) is 0. The first-order chi connectivity index (χ1) is 11.1. The lowest BCUT2D eigenvalue weighted by Gasteiger charge is -2.14. The Hall–Kier alpha value is -1.50. The van der Waals surface area contributed by atoms with Gasteiger partial charge in [0.25, 0.3) is 0 Å². The van der Waals surface area contributed by atoms with Crippen LogP contribution in [-0.2, 0) is 9.59 Å². The molecule has 0 atom stereocenters. The van der Waals surface area contributed by atoms with Gasteiger partial charge in [0.05, 0.1) is 11.5 Å². The molecule has 0 radical (unpaired) electrons. The van der Waals surface area contributed by atoms with Gasteiger partial charge in [0.1, 0.15) is 0 Å². The molecule has 2 rings (SSSR count). The summed E-state index contributed by atoms with van der Waals surface area (Å²) in [4.78, 5) is 23.6. The van der Waals surface area contributed by atoms with Gasteiger partial charge in [0.2, 0.25) is 11.8 Å². The molecule has 1 aliphatic rings. The molecule has 1 aromatic carbocycles. The third kappa shape index (κ3) is 7.86. The van der Waals surface area contributed by atoms with Crippen LogP contribution in [0.2, 0.25) is 0 Å². The van der Waals surface area contributed by atoms with Crippen LogP contribution in [-0.4, -0.2) is 43.0 Å². The van der Waals surface area contributed by atoms with E-state index in [1.807, 2.05) is 31.2 Å². The van der Waals surface area contributed by atoms with E-state index in [0.29, 0.717) is 12.3 Å². The molecule has 0 aromatic heterocycles. The quantitative estimate of drug-likeness (QED) is 0.644. The molecule has 1 aliphatic heterocycles. The number of hydrogen-bond donors (Lipinski definition) is 3. The van der Waals surface area contributed by atoms with E-state index in [0.717, 1.165) is 30.8 Å². The number of nitrogens with one attached hydrogen (secondary N) is 3. The number of rotatable bonds is 7. The Kier molecular flexibility index (Phi) is 9.52. The average molecular weight is 370 g/mol. The van der Waals surface area contributed by atoms with E-state index in [-0.39, 0.29) is 30.0 Å². The smallest absolute Gasteiger partial charge is 0.234 e. The third-order valence-corrected chi connectivity index (χ3v) is 4.40. The lowest BCUT2D eigenvalue weighted by Crippen LogP contribution is -2.31. The second-order valence-electron chi connectivity index (χ2n) is 5.50. The minimum Gasteiger partial charge on any atom is -0.352 e. The van der Waals surface area contributed by atoms with E-state index in [2.05, 4.69) is 22.0 Å². The summed E-state index contributed by atoms with van der Waals surface area (Å²) in [6.45, 7) is 4.45. The first kappa shape index (κ1) is 20.5. The Morgan fingerprint density at radius 3 is 2.54 bits per heavy atom. The number of thioether (sulfide) groups is 1. The van der Waals surface area contributed by atoms with Crippen molar-refractivity contribution in [2.75, 3.05) is 36.5 Å². The van der Waals surface area contributed by atoms with Gasteiger partial charge in [-0.05, 0) is 32.0 Å². The number of hydrogen-bond acceptors (Lipinski definition) is 4. The van der Waals surface area contributed by atoms with Gasteiger partial charge in [0, 0.05) is 18.8 Å². The number of aryl methyl sites for hydroxylation is 1. The molecule has 7 heteroatoms. The molecule has 5 nitrogen and oxygen atoms in total. The predicted octanol–water partition coefficient (Wildman–Crippen LogP) is 2.12. The zero-order valence-corrected chi connectivity index (χ0v) is 15.4. The van der Waals surface area contributed by atoms with Crippen LogP contribution < -0.4 is 16.0 Å². The normalized spacial score (nSPS) is 13.5. The van der Waals surface area contributed by atoms with E-state index in [9.17, 15) is 9.59 Å². The first-order valence-electron chi connectivity index (χ1n) is 7.73. The second-order valence-corrected chi connectivity index (χ2v) is 6.49. The second kappa shape index (κ2) is 11.1. The van der Waals surface area contributed by atoms with E-state index >= 15 is 0 Å². The van der Waals surface area contributed by atoms with Crippen molar-refractivity contribution in [3.05, 3.63) is 41.5 Å². The molecule has 0 unspecified atom stereocenters. The molecule has 0 spiro atoms. The topological polar surface area (TPSA) is 70.2 Å². The molecule has 24 heavy (non-hydrogen) atoms. The Morgan fingerprint density at radius 2 is 1.88 bits per heavy atom. The van der Waals surface area contributed by atoms with Crippen LogP contribution in [0.1, 0.15) is 12.0 Å². The Balaban J connectivity index is 0.00000288. The first-order valence-corrected chi connectivity index (χ1v) is 8.88. The van der Waals surface area contributed by atoms with Crippen LogP contribution in [0.15, 0.2) is 35.9 Å². The Morgan fingerprint density at radius 1 is 1.17 bits per heavy atom. The SMILES string of the molecule is Cc1ccc(NC(=O)CSCC(=O)NCC2=CCNCC2)cc1.Cl. The van der Waals surface area contributed by atoms with Crippen molar-refractivity contribution < 1.29 is 9.59 Å². The number of anilines is 1. The van der Waals surface area contributed by atoms with Gasteiger partial charge in [-0.2, -0.15) is 0 Å². The third-order valence-electron chi connectivity index (χ3n) is 3.47. The fourth-order valence-corrected chi connectivity index (χ4v) is 2.81. The lowest BCUT2D eigenvalue weighted by atomic mass is 10.1. The monoisotopic (exact) mass is 369 g/mol. The highest BCUT2D eigenvalue weighted by atomic mass is 35.5. The van der Waals surface area contributed by atoms with Gasteiger partial charge in [0.15, 0.2) is 0 Å². The van der Waals surface area contributed by atoms with Crippen molar-refractivity contribution in [2.24, 2.45) is 0 Å². The molecule has 0 aliphatic carbocycles. The van der Waals surface area contributed by atoms with Crippen LogP contribution in [0.25, 0.3) is 0 Å². The summed E-state index contributed by atoms with van der Waals surface area (Å²) in [6, 6.07) is 7.64. The highest BCUT2D eigenvalue weighted by Crippen LogP contribution is 2.10. The molecule has 0 saturated carbocycles. The van der Waals surface area contributed by atoms with Crippen LogP contribution in [0, 0.1) is 6.92 Å². The van der Waals surface area contributed by atoms with Crippen LogP contribution in [0.4, 0.5) is 5.69 Å². The Bertz CT molecular complexity index is 576. The number of amides is 2. The van der Waals surface area contributed by atoms with Gasteiger partial charge < -0.3 is 16.0 Å². The number of carbonyl (C=O) groups excluding carboxylic acids is 2. The van der Waals surface area contributed by atoms with E-state index in [1.165, 1.54) is 17.3 Å². The van der Waals surface area contributed by atoms with Gasteiger partial charge in [-0.25, -0.2) is 0 Å². The lowest BCUT2D eigenvalue weighted by molar-refractivity contribution is -0.118. The fraction of sp³-hybridized carbons (Fsp3) is 0.412. The van der Waals surface area contributed by atoms with Crippen molar-refractivity contribution >= 4 is 41.7 Å². The molecular formula is C17H24ClN3O2S. The van der Waals surface area contributed by atoms with Gasteiger partial charge >= 0.3 is 0 Å². The maximum Gasteiger partial charge on any atom is 0.234 e. The van der Waals surface area contributed by atoms with Gasteiger partial charge in [-0.3, -0.25) is 9.59 Å². The molecule has 2 amide bonds. The van der Waals surface area contributed by atoms with E-state index in [1.54, 1.807) is 0 Å². The minimum absolute atomic E-state index is 0. The summed E-state index contributed by atoms with van der Waals surface area (Å²) in [5, 5.41) is 8.95. The number of halogens is 1. The fourth-order valence-electron chi connectivity index (χ4n) is 2.16. The van der Waals surface area contributed by atoms with E-state index in [4.69, 9.17) is 0 Å². The average Bonchev–Trinajstić information content (AvgIpc) is 2.56. The maximum atomic E-state index is 11.8. The van der Waals surface area contributed by atoms with Crippen LogP contribution in [0.5, 0.6) is 0 Å².